The lowest BCUT2D eigenvalue weighted by atomic mass is 10.0. The van der Waals surface area contributed by atoms with Crippen LogP contribution in [0, 0.1) is 0 Å². The van der Waals surface area contributed by atoms with E-state index in [0.717, 1.165) is 16.9 Å². The zero-order valence-corrected chi connectivity index (χ0v) is 17.1. The number of amides is 3. The molecule has 0 atom stereocenters. The van der Waals surface area contributed by atoms with Gasteiger partial charge in [-0.1, -0.05) is 60.7 Å². The number of carbonyl (C=O) groups excluding carboxylic acids is 2. The van der Waals surface area contributed by atoms with Crippen LogP contribution < -0.4 is 5.32 Å². The summed E-state index contributed by atoms with van der Waals surface area (Å²) in [6.45, 7) is 4.45. The molecular formula is C22H26N2O3S. The molecule has 5 nitrogen and oxygen atoms in total. The molecule has 0 radical (unpaired) electrons. The van der Waals surface area contributed by atoms with E-state index in [0.29, 0.717) is 18.9 Å². The van der Waals surface area contributed by atoms with Gasteiger partial charge in [0.15, 0.2) is 0 Å². The van der Waals surface area contributed by atoms with Gasteiger partial charge >= 0.3 is 6.03 Å². The van der Waals surface area contributed by atoms with Gasteiger partial charge in [0.2, 0.25) is 0 Å². The maximum Gasteiger partial charge on any atom is 0.325 e. The first-order chi connectivity index (χ1) is 13.5. The number of hydrogen-bond donors (Lipinski definition) is 1. The van der Waals surface area contributed by atoms with Gasteiger partial charge in [-0.25, -0.2) is 4.79 Å². The van der Waals surface area contributed by atoms with E-state index in [1.165, 1.54) is 4.90 Å². The molecule has 1 aliphatic rings. The van der Waals surface area contributed by atoms with Gasteiger partial charge < -0.3 is 10.1 Å². The van der Waals surface area contributed by atoms with Gasteiger partial charge in [0.05, 0.1) is 6.61 Å². The zero-order valence-electron chi connectivity index (χ0n) is 16.3. The van der Waals surface area contributed by atoms with Gasteiger partial charge in [-0.15, -0.1) is 0 Å². The topological polar surface area (TPSA) is 58.6 Å². The van der Waals surface area contributed by atoms with Crippen molar-refractivity contribution in [3.8, 4) is 0 Å². The van der Waals surface area contributed by atoms with Gasteiger partial charge in [-0.05, 0) is 25.0 Å². The van der Waals surface area contributed by atoms with Crippen LogP contribution in [0.3, 0.4) is 0 Å². The standard InChI is InChI=1S/C22H26N2O3S/c1-22(2)20(25)24(21(26)23-22)13-15-28-16-14-27-19(17-9-5-3-6-10-17)18-11-7-4-8-12-18/h3-12,19H,13-16H2,1-2H3,(H,23,26). The van der Waals surface area contributed by atoms with E-state index in [1.54, 1.807) is 25.6 Å². The Morgan fingerprint density at radius 1 is 0.964 bits per heavy atom. The minimum atomic E-state index is -0.802. The highest BCUT2D eigenvalue weighted by Gasteiger charge is 2.43. The fourth-order valence-corrected chi connectivity index (χ4v) is 3.87. The average molecular weight is 399 g/mol. The molecule has 1 saturated heterocycles. The Bertz CT molecular complexity index is 756. The molecule has 2 aromatic carbocycles. The summed E-state index contributed by atoms with van der Waals surface area (Å²) in [4.78, 5) is 25.3. The second-order valence-corrected chi connectivity index (χ2v) is 8.42. The van der Waals surface area contributed by atoms with Gasteiger partial charge in [0.25, 0.3) is 5.91 Å². The number of nitrogens with zero attached hydrogens (tertiary/aromatic N) is 1. The highest BCUT2D eigenvalue weighted by atomic mass is 32.2. The summed E-state index contributed by atoms with van der Waals surface area (Å²) in [7, 11) is 0. The maximum absolute atomic E-state index is 12.2. The molecule has 6 heteroatoms. The Morgan fingerprint density at radius 2 is 1.54 bits per heavy atom. The van der Waals surface area contributed by atoms with E-state index in [1.807, 2.05) is 36.4 Å². The molecule has 0 aromatic heterocycles. The van der Waals surface area contributed by atoms with Gasteiger partial charge in [-0.2, -0.15) is 11.8 Å². The maximum atomic E-state index is 12.2. The normalized spacial score (nSPS) is 15.9. The molecular weight excluding hydrogens is 372 g/mol. The molecule has 1 fully saturated rings. The monoisotopic (exact) mass is 398 g/mol. The quantitative estimate of drug-likeness (QED) is 0.515. The molecule has 148 valence electrons. The van der Waals surface area contributed by atoms with Crippen molar-refractivity contribution in [1.82, 2.24) is 10.2 Å². The fourth-order valence-electron chi connectivity index (χ4n) is 3.14. The number of thioether (sulfide) groups is 1. The van der Waals surface area contributed by atoms with Crippen molar-refractivity contribution in [3.63, 3.8) is 0 Å². The van der Waals surface area contributed by atoms with Crippen molar-refractivity contribution in [2.75, 3.05) is 24.7 Å². The van der Waals surface area contributed by atoms with Crippen LogP contribution in [0.2, 0.25) is 0 Å². The first kappa shape index (κ1) is 20.4. The van der Waals surface area contributed by atoms with Crippen LogP contribution in [-0.2, 0) is 9.53 Å². The lowest BCUT2D eigenvalue weighted by molar-refractivity contribution is -0.130. The summed E-state index contributed by atoms with van der Waals surface area (Å²) in [6.07, 6.45) is -0.102. The van der Waals surface area contributed by atoms with Crippen LogP contribution in [-0.4, -0.2) is 47.0 Å². The molecule has 2 aromatic rings. The molecule has 0 saturated carbocycles. The van der Waals surface area contributed by atoms with Crippen molar-refractivity contribution < 1.29 is 14.3 Å². The Morgan fingerprint density at radius 3 is 2.04 bits per heavy atom. The molecule has 0 aliphatic carbocycles. The second kappa shape index (κ2) is 9.26. The summed E-state index contributed by atoms with van der Waals surface area (Å²) >= 11 is 1.68. The number of hydrogen-bond acceptors (Lipinski definition) is 4. The number of nitrogens with one attached hydrogen (secondary N) is 1. The van der Waals surface area contributed by atoms with E-state index in [2.05, 4.69) is 29.6 Å². The predicted molar refractivity (Wildman–Crippen MR) is 112 cm³/mol. The molecule has 3 amide bonds. The summed E-state index contributed by atoms with van der Waals surface area (Å²) in [5.41, 5.74) is 1.45. The molecule has 28 heavy (non-hydrogen) atoms. The third kappa shape index (κ3) is 4.94. The molecule has 1 N–H and O–H groups in total. The largest absolute Gasteiger partial charge is 0.368 e. The van der Waals surface area contributed by atoms with Gasteiger partial charge in [0.1, 0.15) is 11.6 Å². The lowest BCUT2D eigenvalue weighted by Crippen LogP contribution is -2.40. The number of ether oxygens (including phenoxy) is 1. The minimum absolute atomic E-state index is 0.102. The van der Waals surface area contributed by atoms with Crippen LogP contribution >= 0.6 is 11.8 Å². The van der Waals surface area contributed by atoms with Gasteiger partial charge in [-0.3, -0.25) is 9.69 Å². The van der Waals surface area contributed by atoms with Crippen molar-refractivity contribution in [2.24, 2.45) is 0 Å². The van der Waals surface area contributed by atoms with E-state index >= 15 is 0 Å². The molecule has 1 aliphatic heterocycles. The average Bonchev–Trinajstić information content (AvgIpc) is 2.90. The zero-order chi connectivity index (χ0) is 20.0. The Hall–Kier alpha value is -2.31. The Labute approximate surface area is 170 Å². The number of imide groups is 1. The SMILES string of the molecule is CC1(C)NC(=O)N(CCSCCOC(c2ccccc2)c2ccccc2)C1=O. The van der Waals surface area contributed by atoms with E-state index in [-0.39, 0.29) is 18.0 Å². The Balaban J connectivity index is 1.47. The molecule has 1 heterocycles. The highest BCUT2D eigenvalue weighted by Crippen LogP contribution is 2.26. The second-order valence-electron chi connectivity index (χ2n) is 7.20. The first-order valence-electron chi connectivity index (χ1n) is 9.42. The minimum Gasteiger partial charge on any atom is -0.368 e. The number of carbonyl (C=O) groups is 2. The lowest BCUT2D eigenvalue weighted by Gasteiger charge is -2.19. The third-order valence-corrected chi connectivity index (χ3v) is 5.55. The first-order valence-corrected chi connectivity index (χ1v) is 10.6. The van der Waals surface area contributed by atoms with E-state index in [9.17, 15) is 9.59 Å². The van der Waals surface area contributed by atoms with Crippen LogP contribution in [0.1, 0.15) is 31.1 Å². The summed E-state index contributed by atoms with van der Waals surface area (Å²) < 4.78 is 6.18. The van der Waals surface area contributed by atoms with Gasteiger partial charge in [0, 0.05) is 18.1 Å². The molecule has 3 rings (SSSR count). The molecule has 0 spiro atoms. The predicted octanol–water partition coefficient (Wildman–Crippen LogP) is 3.86. The highest BCUT2D eigenvalue weighted by molar-refractivity contribution is 7.99. The smallest absolute Gasteiger partial charge is 0.325 e. The van der Waals surface area contributed by atoms with Crippen LogP contribution in [0.4, 0.5) is 4.79 Å². The fraction of sp³-hybridized carbons (Fsp3) is 0.364. The summed E-state index contributed by atoms with van der Waals surface area (Å²) in [5.74, 6) is 1.32. The third-order valence-electron chi connectivity index (χ3n) is 4.62. The van der Waals surface area contributed by atoms with E-state index < -0.39 is 5.54 Å². The number of urea groups is 1. The Kier molecular flexibility index (Phi) is 6.75. The van der Waals surface area contributed by atoms with Crippen molar-refractivity contribution in [1.29, 1.82) is 0 Å². The summed E-state index contributed by atoms with van der Waals surface area (Å²) in [6, 6.07) is 20.1. The van der Waals surface area contributed by atoms with Crippen LogP contribution in [0.15, 0.2) is 60.7 Å². The molecule has 0 unspecified atom stereocenters. The number of rotatable bonds is 9. The van der Waals surface area contributed by atoms with Crippen molar-refractivity contribution >= 4 is 23.7 Å². The van der Waals surface area contributed by atoms with Crippen molar-refractivity contribution in [3.05, 3.63) is 71.8 Å². The number of benzene rings is 2. The summed E-state index contributed by atoms with van der Waals surface area (Å²) in [5, 5.41) is 2.70. The van der Waals surface area contributed by atoms with Crippen LogP contribution in [0.25, 0.3) is 0 Å². The van der Waals surface area contributed by atoms with E-state index in [4.69, 9.17) is 4.74 Å². The van der Waals surface area contributed by atoms with Crippen molar-refractivity contribution in [2.45, 2.75) is 25.5 Å². The molecule has 0 bridgehead atoms. The van der Waals surface area contributed by atoms with Crippen LogP contribution in [0.5, 0.6) is 0 Å².